The van der Waals surface area contributed by atoms with E-state index < -0.39 is 0 Å². The first-order valence-corrected chi connectivity index (χ1v) is 6.08. The summed E-state index contributed by atoms with van der Waals surface area (Å²) in [6.45, 7) is 0. The van der Waals surface area contributed by atoms with E-state index in [9.17, 15) is 0 Å². The quantitative estimate of drug-likeness (QED) is 0.607. The second kappa shape index (κ2) is 8.99. The van der Waals surface area contributed by atoms with E-state index in [2.05, 4.69) is 18.2 Å². The van der Waals surface area contributed by atoms with E-state index in [4.69, 9.17) is 15.8 Å². The molecule has 0 unspecified atom stereocenters. The Kier molecular flexibility index (Phi) is 8.23. The summed E-state index contributed by atoms with van der Waals surface area (Å²) in [5, 5.41) is 25.2. The van der Waals surface area contributed by atoms with Gasteiger partial charge in [0.1, 0.15) is 0 Å². The average molecular weight is 193 g/mol. The molecular formula is C9H12N3P. The molecule has 0 atom stereocenters. The van der Waals surface area contributed by atoms with Crippen LogP contribution in [0.5, 0.6) is 0 Å². The van der Waals surface area contributed by atoms with Gasteiger partial charge in [-0.25, -0.2) is 0 Å². The van der Waals surface area contributed by atoms with Gasteiger partial charge >= 0.3 is 0 Å². The van der Waals surface area contributed by atoms with E-state index in [0.717, 1.165) is 18.5 Å². The van der Waals surface area contributed by atoms with Crippen molar-refractivity contribution in [1.82, 2.24) is 0 Å². The standard InChI is InChI=1S/C9H12N3P/c10-4-1-7-13(8-2-5-11)9-3-6-12/h1-3,7-9H2. The van der Waals surface area contributed by atoms with Crippen LogP contribution in [-0.4, -0.2) is 18.5 Å². The van der Waals surface area contributed by atoms with Crippen molar-refractivity contribution in [2.45, 2.75) is 19.3 Å². The summed E-state index contributed by atoms with van der Waals surface area (Å²) in [6, 6.07) is 6.30. The Hall–Kier alpha value is -1.10. The molecule has 0 aliphatic carbocycles. The van der Waals surface area contributed by atoms with Gasteiger partial charge in [0.25, 0.3) is 0 Å². The molecule has 0 rings (SSSR count). The minimum Gasteiger partial charge on any atom is -0.198 e. The van der Waals surface area contributed by atoms with Crippen LogP contribution >= 0.6 is 7.92 Å². The van der Waals surface area contributed by atoms with E-state index in [1.807, 2.05) is 0 Å². The molecule has 0 aromatic rings. The fourth-order valence-electron chi connectivity index (χ4n) is 0.960. The second-order valence-electron chi connectivity index (χ2n) is 2.57. The third-order valence-electron chi connectivity index (χ3n) is 1.62. The van der Waals surface area contributed by atoms with Crippen molar-refractivity contribution in [3.63, 3.8) is 0 Å². The Bertz CT molecular complexity index is 200. The first-order valence-electron chi connectivity index (χ1n) is 4.18. The van der Waals surface area contributed by atoms with Crippen LogP contribution in [0, 0.1) is 34.0 Å². The minimum absolute atomic E-state index is 0.246. The van der Waals surface area contributed by atoms with Crippen molar-refractivity contribution >= 4 is 7.92 Å². The summed E-state index contributed by atoms with van der Waals surface area (Å²) >= 11 is 0. The van der Waals surface area contributed by atoms with Gasteiger partial charge in [0, 0.05) is 19.3 Å². The van der Waals surface area contributed by atoms with E-state index in [1.165, 1.54) is 0 Å². The van der Waals surface area contributed by atoms with E-state index in [1.54, 1.807) is 0 Å². The molecule has 0 heterocycles. The first-order chi connectivity index (χ1) is 6.35. The van der Waals surface area contributed by atoms with Gasteiger partial charge < -0.3 is 0 Å². The van der Waals surface area contributed by atoms with Crippen molar-refractivity contribution < 1.29 is 0 Å². The number of rotatable bonds is 6. The minimum atomic E-state index is -0.246. The highest BCUT2D eigenvalue weighted by Gasteiger charge is 2.06. The van der Waals surface area contributed by atoms with Gasteiger partial charge in [0.15, 0.2) is 0 Å². The van der Waals surface area contributed by atoms with Crippen molar-refractivity contribution in [2.75, 3.05) is 18.5 Å². The predicted molar refractivity (Wildman–Crippen MR) is 52.2 cm³/mol. The zero-order valence-electron chi connectivity index (χ0n) is 7.53. The van der Waals surface area contributed by atoms with Gasteiger partial charge in [-0.15, -0.1) is 7.92 Å². The SMILES string of the molecule is N#CCCP(CCC#N)CCC#N. The zero-order valence-corrected chi connectivity index (χ0v) is 8.43. The lowest BCUT2D eigenvalue weighted by atomic mass is 10.5. The summed E-state index contributed by atoms with van der Waals surface area (Å²) in [4.78, 5) is 0. The molecule has 0 aromatic carbocycles. The summed E-state index contributed by atoms with van der Waals surface area (Å²) in [6.07, 6.45) is 4.33. The molecule has 0 radical (unpaired) electrons. The highest BCUT2D eigenvalue weighted by atomic mass is 31.1. The molecule has 4 heteroatoms. The van der Waals surface area contributed by atoms with Crippen LogP contribution in [-0.2, 0) is 0 Å². The predicted octanol–water partition coefficient (Wildman–Crippen LogP) is 2.21. The van der Waals surface area contributed by atoms with Crippen LogP contribution in [0.2, 0.25) is 0 Å². The highest BCUT2D eigenvalue weighted by molar-refractivity contribution is 7.57. The lowest BCUT2D eigenvalue weighted by Crippen LogP contribution is -1.94. The topological polar surface area (TPSA) is 71.4 Å². The Morgan fingerprint density at radius 2 is 1.00 bits per heavy atom. The van der Waals surface area contributed by atoms with E-state index in [-0.39, 0.29) is 7.92 Å². The lowest BCUT2D eigenvalue weighted by molar-refractivity contribution is 1.14. The third-order valence-corrected chi connectivity index (χ3v) is 4.19. The maximum atomic E-state index is 8.40. The van der Waals surface area contributed by atoms with Gasteiger partial charge in [0.2, 0.25) is 0 Å². The normalized spacial score (nSPS) is 8.77. The van der Waals surface area contributed by atoms with Crippen molar-refractivity contribution in [2.24, 2.45) is 0 Å². The number of nitrogens with zero attached hydrogens (tertiary/aromatic N) is 3. The van der Waals surface area contributed by atoms with Crippen LogP contribution in [0.4, 0.5) is 0 Å². The highest BCUT2D eigenvalue weighted by Crippen LogP contribution is 2.37. The van der Waals surface area contributed by atoms with Crippen molar-refractivity contribution in [3.05, 3.63) is 0 Å². The summed E-state index contributed by atoms with van der Waals surface area (Å²) in [5.74, 6) is 0. The Morgan fingerprint density at radius 3 is 1.23 bits per heavy atom. The van der Waals surface area contributed by atoms with E-state index >= 15 is 0 Å². The molecule has 0 fully saturated rings. The second-order valence-corrected chi connectivity index (χ2v) is 5.25. The molecule has 0 aliphatic heterocycles. The molecule has 0 saturated heterocycles. The maximum Gasteiger partial charge on any atom is 0.0625 e. The molecule has 0 bridgehead atoms. The lowest BCUT2D eigenvalue weighted by Gasteiger charge is -2.11. The van der Waals surface area contributed by atoms with Gasteiger partial charge in [-0.2, -0.15) is 15.8 Å². The monoisotopic (exact) mass is 193 g/mol. The number of hydrogen-bond acceptors (Lipinski definition) is 3. The maximum absolute atomic E-state index is 8.40. The van der Waals surface area contributed by atoms with Crippen LogP contribution in [0.25, 0.3) is 0 Å². The molecule has 3 nitrogen and oxygen atoms in total. The third kappa shape index (κ3) is 7.27. The number of hydrogen-bond donors (Lipinski definition) is 0. The molecule has 0 saturated carbocycles. The molecule has 0 spiro atoms. The zero-order chi connectivity index (χ0) is 9.94. The smallest absolute Gasteiger partial charge is 0.0625 e. The first kappa shape index (κ1) is 11.9. The summed E-state index contributed by atoms with van der Waals surface area (Å²) < 4.78 is 0. The van der Waals surface area contributed by atoms with Crippen LogP contribution < -0.4 is 0 Å². The molecule has 0 aliphatic rings. The largest absolute Gasteiger partial charge is 0.198 e. The van der Waals surface area contributed by atoms with Gasteiger partial charge in [-0.3, -0.25) is 0 Å². The van der Waals surface area contributed by atoms with Gasteiger partial charge in [0.05, 0.1) is 18.2 Å². The number of nitriles is 3. The summed E-state index contributed by atoms with van der Waals surface area (Å²) in [7, 11) is -0.246. The molecule has 0 aromatic heterocycles. The molecule has 68 valence electrons. The molecule has 0 amide bonds. The molecule has 13 heavy (non-hydrogen) atoms. The van der Waals surface area contributed by atoms with Gasteiger partial charge in [-0.1, -0.05) is 0 Å². The van der Waals surface area contributed by atoms with Crippen molar-refractivity contribution in [3.8, 4) is 18.2 Å². The molecule has 0 N–H and O–H groups in total. The fraction of sp³-hybridized carbons (Fsp3) is 0.667. The van der Waals surface area contributed by atoms with Crippen LogP contribution in [0.1, 0.15) is 19.3 Å². The van der Waals surface area contributed by atoms with Crippen molar-refractivity contribution in [1.29, 1.82) is 15.8 Å². The van der Waals surface area contributed by atoms with E-state index in [0.29, 0.717) is 19.3 Å². The molecular weight excluding hydrogens is 181 g/mol. The Balaban J connectivity index is 3.70. The summed E-state index contributed by atoms with van der Waals surface area (Å²) in [5.41, 5.74) is 0. The fourth-order valence-corrected chi connectivity index (χ4v) is 2.88. The Labute approximate surface area is 80.3 Å². The Morgan fingerprint density at radius 1 is 0.692 bits per heavy atom. The van der Waals surface area contributed by atoms with Crippen LogP contribution in [0.3, 0.4) is 0 Å². The average Bonchev–Trinajstić information content (AvgIpc) is 2.17. The van der Waals surface area contributed by atoms with Crippen LogP contribution in [0.15, 0.2) is 0 Å². The van der Waals surface area contributed by atoms with Gasteiger partial charge in [-0.05, 0) is 18.5 Å².